The molecule has 1 N–H and O–H groups in total. The van der Waals surface area contributed by atoms with Crippen LogP contribution in [0.3, 0.4) is 0 Å². The van der Waals surface area contributed by atoms with Crippen LogP contribution < -0.4 is 5.32 Å². The molecule has 0 bridgehead atoms. The van der Waals surface area contributed by atoms with E-state index in [1.807, 2.05) is 0 Å². The monoisotopic (exact) mass is 307 g/mol. The molecule has 0 spiro atoms. The molecule has 92 valence electrons. The molecule has 0 unspecified atom stereocenters. The van der Waals surface area contributed by atoms with E-state index in [-0.39, 0.29) is 0 Å². The first-order valence-electron chi connectivity index (χ1n) is 5.34. The van der Waals surface area contributed by atoms with E-state index in [9.17, 15) is 0 Å². The maximum Gasteiger partial charge on any atom is 0.0701 e. The van der Waals surface area contributed by atoms with Crippen molar-refractivity contribution >= 4 is 27.3 Å². The predicted octanol–water partition coefficient (Wildman–Crippen LogP) is 2.31. The van der Waals surface area contributed by atoms with Gasteiger partial charge in [0.05, 0.1) is 23.6 Å². The molecule has 0 aromatic carbocycles. The van der Waals surface area contributed by atoms with Gasteiger partial charge in [-0.05, 0) is 34.5 Å². The van der Waals surface area contributed by atoms with E-state index in [1.165, 1.54) is 8.66 Å². The molecule has 3 nitrogen and oxygen atoms in total. The van der Waals surface area contributed by atoms with Gasteiger partial charge < -0.3 is 14.8 Å². The van der Waals surface area contributed by atoms with Crippen molar-refractivity contribution in [2.75, 3.05) is 40.0 Å². The maximum absolute atomic E-state index is 5.34. The SMILES string of the molecule is COCCOCCNCCc1ccc(Br)s1. The topological polar surface area (TPSA) is 30.5 Å². The summed E-state index contributed by atoms with van der Waals surface area (Å²) in [4.78, 5) is 1.40. The standard InChI is InChI=1S/C11H18BrNO2S/c1-14-8-9-15-7-6-13-5-4-10-2-3-11(12)16-10/h2-3,13H,4-9H2,1H3. The molecule has 0 atom stereocenters. The van der Waals surface area contributed by atoms with Crippen LogP contribution in [0.15, 0.2) is 15.9 Å². The molecule has 1 aromatic heterocycles. The molecule has 0 saturated carbocycles. The largest absolute Gasteiger partial charge is 0.382 e. The Bertz CT molecular complexity index is 281. The summed E-state index contributed by atoms with van der Waals surface area (Å²) in [6, 6.07) is 4.25. The number of hydrogen-bond donors (Lipinski definition) is 1. The Labute approximate surface area is 109 Å². The van der Waals surface area contributed by atoms with Crippen LogP contribution in [0.25, 0.3) is 0 Å². The highest BCUT2D eigenvalue weighted by Crippen LogP contribution is 2.21. The van der Waals surface area contributed by atoms with E-state index in [0.717, 1.165) is 26.1 Å². The van der Waals surface area contributed by atoms with Crippen LogP contribution >= 0.6 is 27.3 Å². The van der Waals surface area contributed by atoms with Gasteiger partial charge in [0.25, 0.3) is 0 Å². The highest BCUT2D eigenvalue weighted by atomic mass is 79.9. The number of thiophene rings is 1. The van der Waals surface area contributed by atoms with Gasteiger partial charge in [-0.25, -0.2) is 0 Å². The quantitative estimate of drug-likeness (QED) is 0.710. The van der Waals surface area contributed by atoms with E-state index in [4.69, 9.17) is 9.47 Å². The summed E-state index contributed by atoms with van der Waals surface area (Å²) < 4.78 is 11.4. The van der Waals surface area contributed by atoms with Gasteiger partial charge in [-0.1, -0.05) is 0 Å². The van der Waals surface area contributed by atoms with Crippen LogP contribution in [0.2, 0.25) is 0 Å². The molecule has 0 aliphatic carbocycles. The molecule has 0 fully saturated rings. The van der Waals surface area contributed by atoms with E-state index >= 15 is 0 Å². The van der Waals surface area contributed by atoms with Gasteiger partial charge in [0.1, 0.15) is 0 Å². The van der Waals surface area contributed by atoms with E-state index < -0.39 is 0 Å². The van der Waals surface area contributed by atoms with Gasteiger partial charge in [-0.15, -0.1) is 11.3 Å². The van der Waals surface area contributed by atoms with E-state index in [0.29, 0.717) is 13.2 Å². The number of methoxy groups -OCH3 is 1. The van der Waals surface area contributed by atoms with Gasteiger partial charge in [0.2, 0.25) is 0 Å². The lowest BCUT2D eigenvalue weighted by molar-refractivity contribution is 0.0721. The van der Waals surface area contributed by atoms with Crippen LogP contribution in [0.1, 0.15) is 4.88 Å². The number of hydrogen-bond acceptors (Lipinski definition) is 4. The average molecular weight is 308 g/mol. The third kappa shape index (κ3) is 6.60. The second-order valence-electron chi connectivity index (χ2n) is 3.31. The highest BCUT2D eigenvalue weighted by Gasteiger charge is 1.96. The molecule has 0 radical (unpaired) electrons. The normalized spacial score (nSPS) is 10.9. The predicted molar refractivity (Wildman–Crippen MR) is 71.3 cm³/mol. The Morgan fingerprint density at radius 3 is 2.81 bits per heavy atom. The molecule has 0 amide bonds. The van der Waals surface area contributed by atoms with Crippen molar-refractivity contribution in [2.45, 2.75) is 6.42 Å². The second kappa shape index (κ2) is 9.13. The third-order valence-corrected chi connectivity index (χ3v) is 3.72. The Morgan fingerprint density at radius 2 is 2.12 bits per heavy atom. The van der Waals surface area contributed by atoms with Gasteiger partial charge in [0.15, 0.2) is 0 Å². The molecule has 16 heavy (non-hydrogen) atoms. The maximum atomic E-state index is 5.34. The first kappa shape index (κ1) is 14.1. The Hall–Kier alpha value is 0.0600. The number of nitrogens with one attached hydrogen (secondary N) is 1. The van der Waals surface area contributed by atoms with Gasteiger partial charge >= 0.3 is 0 Å². The Morgan fingerprint density at radius 1 is 1.25 bits per heavy atom. The van der Waals surface area contributed by atoms with Crippen LogP contribution in [0, 0.1) is 0 Å². The zero-order chi connectivity index (χ0) is 11.6. The zero-order valence-corrected chi connectivity index (χ0v) is 11.9. The first-order valence-corrected chi connectivity index (χ1v) is 6.95. The lowest BCUT2D eigenvalue weighted by atomic mass is 10.3. The van der Waals surface area contributed by atoms with Crippen molar-refractivity contribution in [3.63, 3.8) is 0 Å². The fourth-order valence-electron chi connectivity index (χ4n) is 1.21. The minimum atomic E-state index is 0.670. The second-order valence-corrected chi connectivity index (χ2v) is 5.86. The minimum absolute atomic E-state index is 0.670. The summed E-state index contributed by atoms with van der Waals surface area (Å²) in [5, 5.41) is 3.35. The van der Waals surface area contributed by atoms with Crippen molar-refractivity contribution in [2.24, 2.45) is 0 Å². The molecule has 0 aliphatic heterocycles. The van der Waals surface area contributed by atoms with Crippen molar-refractivity contribution in [3.05, 3.63) is 20.8 Å². The number of halogens is 1. The Balaban J connectivity index is 1.88. The smallest absolute Gasteiger partial charge is 0.0701 e. The highest BCUT2D eigenvalue weighted by molar-refractivity contribution is 9.11. The fourth-order valence-corrected chi connectivity index (χ4v) is 2.69. The van der Waals surface area contributed by atoms with Crippen LogP contribution in [-0.2, 0) is 15.9 Å². The van der Waals surface area contributed by atoms with E-state index in [1.54, 1.807) is 18.4 Å². The van der Waals surface area contributed by atoms with Crippen molar-refractivity contribution in [3.8, 4) is 0 Å². The number of rotatable bonds is 9. The molecule has 1 rings (SSSR count). The minimum Gasteiger partial charge on any atom is -0.382 e. The van der Waals surface area contributed by atoms with Crippen LogP contribution in [0.5, 0.6) is 0 Å². The summed E-state index contributed by atoms with van der Waals surface area (Å²) in [5.41, 5.74) is 0. The van der Waals surface area contributed by atoms with Gasteiger partial charge in [0, 0.05) is 25.1 Å². The van der Waals surface area contributed by atoms with Crippen molar-refractivity contribution in [1.82, 2.24) is 5.32 Å². The molecular formula is C11H18BrNO2S. The molecule has 1 aromatic rings. The molecule has 5 heteroatoms. The van der Waals surface area contributed by atoms with E-state index in [2.05, 4.69) is 33.4 Å². The van der Waals surface area contributed by atoms with Gasteiger partial charge in [-0.3, -0.25) is 0 Å². The van der Waals surface area contributed by atoms with Crippen LogP contribution in [0.4, 0.5) is 0 Å². The lowest BCUT2D eigenvalue weighted by Crippen LogP contribution is -2.22. The fraction of sp³-hybridized carbons (Fsp3) is 0.636. The summed E-state index contributed by atoms with van der Waals surface area (Å²) in [6.45, 7) is 3.99. The molecule has 0 aliphatic rings. The van der Waals surface area contributed by atoms with Crippen molar-refractivity contribution in [1.29, 1.82) is 0 Å². The first-order chi connectivity index (χ1) is 7.83. The number of ether oxygens (including phenoxy) is 2. The Kier molecular flexibility index (Phi) is 8.06. The summed E-state index contributed by atoms with van der Waals surface area (Å²) in [7, 11) is 1.68. The average Bonchev–Trinajstić information content (AvgIpc) is 2.68. The molecule has 1 heterocycles. The lowest BCUT2D eigenvalue weighted by Gasteiger charge is -2.04. The summed E-state index contributed by atoms with van der Waals surface area (Å²) in [5.74, 6) is 0. The van der Waals surface area contributed by atoms with Crippen LogP contribution in [-0.4, -0.2) is 40.0 Å². The zero-order valence-electron chi connectivity index (χ0n) is 9.50. The summed E-state index contributed by atoms with van der Waals surface area (Å²) >= 11 is 5.25. The molecule has 0 saturated heterocycles. The third-order valence-electron chi connectivity index (χ3n) is 2.03. The molecular weight excluding hydrogens is 290 g/mol. The van der Waals surface area contributed by atoms with Crippen molar-refractivity contribution < 1.29 is 9.47 Å². The summed E-state index contributed by atoms with van der Waals surface area (Å²) in [6.07, 6.45) is 1.08. The van der Waals surface area contributed by atoms with Gasteiger partial charge in [-0.2, -0.15) is 0 Å².